The molecule has 1 aliphatic rings. The number of aryl methyl sites for hydroxylation is 2. The molecule has 0 atom stereocenters. The van der Waals surface area contributed by atoms with Crippen LogP contribution in [0.15, 0.2) is 42.9 Å². The molecule has 1 saturated heterocycles. The van der Waals surface area contributed by atoms with E-state index < -0.39 is 0 Å². The number of hydrogen-bond acceptors (Lipinski definition) is 3. The number of para-hydroxylation sites is 1. The normalized spacial score (nSPS) is 16.8. The second-order valence-electron chi connectivity index (χ2n) is 6.89. The first-order valence-electron chi connectivity index (χ1n) is 8.74. The molecule has 1 aliphatic heterocycles. The fourth-order valence-corrected chi connectivity index (χ4v) is 3.93. The third kappa shape index (κ3) is 2.82. The van der Waals surface area contributed by atoms with E-state index in [2.05, 4.69) is 63.7 Å². The summed E-state index contributed by atoms with van der Waals surface area (Å²) in [6.45, 7) is 5.42. The molecule has 1 aromatic carbocycles. The minimum Gasteiger partial charge on any atom is -0.346 e. The lowest BCUT2D eigenvalue weighted by atomic mass is 9.91. The predicted octanol–water partition coefficient (Wildman–Crippen LogP) is 3.66. The minimum atomic E-state index is 0.580. The molecule has 0 unspecified atom stereocenters. The summed E-state index contributed by atoms with van der Waals surface area (Å²) in [5.41, 5.74) is 5.19. The van der Waals surface area contributed by atoms with Crippen LogP contribution in [-0.2, 0) is 13.6 Å². The zero-order chi connectivity index (χ0) is 16.5. The van der Waals surface area contributed by atoms with Gasteiger partial charge in [0.2, 0.25) is 0 Å². The molecule has 124 valence electrons. The van der Waals surface area contributed by atoms with Gasteiger partial charge >= 0.3 is 0 Å². The highest BCUT2D eigenvalue weighted by molar-refractivity contribution is 5.81. The van der Waals surface area contributed by atoms with Crippen molar-refractivity contribution in [3.05, 3.63) is 59.8 Å². The van der Waals surface area contributed by atoms with Crippen LogP contribution in [0, 0.1) is 6.92 Å². The fraction of sp³-hybridized carbons (Fsp3) is 0.400. The fourth-order valence-electron chi connectivity index (χ4n) is 3.93. The van der Waals surface area contributed by atoms with Crippen molar-refractivity contribution in [1.29, 1.82) is 0 Å². The van der Waals surface area contributed by atoms with Crippen LogP contribution in [0.5, 0.6) is 0 Å². The Bertz CT molecular complexity index is 844. The van der Waals surface area contributed by atoms with E-state index in [1.54, 1.807) is 6.33 Å². The molecule has 0 N–H and O–H groups in total. The number of likely N-dealkylation sites (tertiary alicyclic amines) is 1. The largest absolute Gasteiger partial charge is 0.346 e. The van der Waals surface area contributed by atoms with Gasteiger partial charge in [0.25, 0.3) is 0 Å². The lowest BCUT2D eigenvalue weighted by molar-refractivity contribution is 0.199. The van der Waals surface area contributed by atoms with Crippen molar-refractivity contribution < 1.29 is 0 Å². The van der Waals surface area contributed by atoms with Crippen molar-refractivity contribution in [3.63, 3.8) is 0 Å². The molecule has 0 spiro atoms. The topological polar surface area (TPSA) is 34.0 Å². The van der Waals surface area contributed by atoms with Crippen LogP contribution in [-0.4, -0.2) is 32.5 Å². The lowest BCUT2D eigenvalue weighted by Gasteiger charge is -2.32. The number of rotatable bonds is 3. The van der Waals surface area contributed by atoms with Crippen LogP contribution >= 0.6 is 0 Å². The number of fused-ring (bicyclic) bond motifs is 1. The van der Waals surface area contributed by atoms with Gasteiger partial charge in [-0.05, 0) is 55.9 Å². The molecule has 24 heavy (non-hydrogen) atoms. The van der Waals surface area contributed by atoms with Crippen LogP contribution in [0.4, 0.5) is 0 Å². The van der Waals surface area contributed by atoms with E-state index in [4.69, 9.17) is 0 Å². The van der Waals surface area contributed by atoms with Gasteiger partial charge in [-0.2, -0.15) is 0 Å². The first kappa shape index (κ1) is 15.3. The summed E-state index contributed by atoms with van der Waals surface area (Å²) in [5, 5.41) is 1.33. The average Bonchev–Trinajstić information content (AvgIpc) is 2.93. The maximum absolute atomic E-state index is 4.52. The predicted molar refractivity (Wildman–Crippen MR) is 96.9 cm³/mol. The highest BCUT2D eigenvalue weighted by Gasteiger charge is 2.23. The quantitative estimate of drug-likeness (QED) is 0.738. The summed E-state index contributed by atoms with van der Waals surface area (Å²) in [5.74, 6) is 0.580. The summed E-state index contributed by atoms with van der Waals surface area (Å²) < 4.78 is 2.33. The summed E-state index contributed by atoms with van der Waals surface area (Å²) in [7, 11) is 2.18. The molecule has 2 aromatic heterocycles. The van der Waals surface area contributed by atoms with Crippen LogP contribution in [0.25, 0.3) is 10.9 Å². The Labute approximate surface area is 143 Å². The van der Waals surface area contributed by atoms with Crippen molar-refractivity contribution in [2.24, 2.45) is 7.05 Å². The van der Waals surface area contributed by atoms with E-state index in [0.29, 0.717) is 5.92 Å². The van der Waals surface area contributed by atoms with E-state index in [1.165, 1.54) is 40.7 Å². The first-order valence-corrected chi connectivity index (χ1v) is 8.74. The Balaban J connectivity index is 1.44. The number of hydrogen-bond donors (Lipinski definition) is 0. The maximum Gasteiger partial charge on any atom is 0.115 e. The number of benzene rings is 1. The van der Waals surface area contributed by atoms with Crippen LogP contribution in [0.1, 0.15) is 35.7 Å². The first-order chi connectivity index (χ1) is 11.7. The molecular weight excluding hydrogens is 296 g/mol. The third-order valence-corrected chi connectivity index (χ3v) is 5.35. The number of piperidine rings is 1. The van der Waals surface area contributed by atoms with Gasteiger partial charge in [0.1, 0.15) is 6.33 Å². The van der Waals surface area contributed by atoms with Gasteiger partial charge in [-0.15, -0.1) is 0 Å². The van der Waals surface area contributed by atoms with Gasteiger partial charge in [0, 0.05) is 42.6 Å². The summed E-state index contributed by atoms with van der Waals surface area (Å²) >= 11 is 0. The molecule has 0 amide bonds. The van der Waals surface area contributed by atoms with E-state index in [1.807, 2.05) is 6.20 Å². The van der Waals surface area contributed by atoms with Gasteiger partial charge in [0.05, 0.1) is 0 Å². The zero-order valence-electron chi connectivity index (χ0n) is 14.4. The number of aromatic nitrogens is 3. The molecule has 4 rings (SSSR count). The molecule has 3 heterocycles. The van der Waals surface area contributed by atoms with Gasteiger partial charge in [-0.3, -0.25) is 4.90 Å². The third-order valence-electron chi connectivity index (χ3n) is 5.35. The van der Waals surface area contributed by atoms with E-state index in [0.717, 1.165) is 19.6 Å². The molecule has 0 aliphatic carbocycles. The highest BCUT2D eigenvalue weighted by atomic mass is 15.1. The smallest absolute Gasteiger partial charge is 0.115 e. The van der Waals surface area contributed by atoms with Crippen molar-refractivity contribution in [2.75, 3.05) is 13.1 Å². The standard InChI is InChI=1S/C20H24N4/c1-15-12-21-14-22-20(15)16-7-9-24(10-8-16)13-18-11-17-5-3-4-6-19(17)23(18)2/h3-6,11-12,14,16H,7-10,13H2,1-2H3. The molecule has 0 saturated carbocycles. The van der Waals surface area contributed by atoms with Crippen molar-refractivity contribution in [1.82, 2.24) is 19.4 Å². The van der Waals surface area contributed by atoms with Gasteiger partial charge < -0.3 is 4.57 Å². The Morgan fingerprint density at radius 3 is 2.71 bits per heavy atom. The van der Waals surface area contributed by atoms with Crippen LogP contribution in [0.3, 0.4) is 0 Å². The second-order valence-corrected chi connectivity index (χ2v) is 6.89. The average molecular weight is 320 g/mol. The highest BCUT2D eigenvalue weighted by Crippen LogP contribution is 2.29. The lowest BCUT2D eigenvalue weighted by Crippen LogP contribution is -2.33. The Morgan fingerprint density at radius 1 is 1.17 bits per heavy atom. The SMILES string of the molecule is Cc1cncnc1C1CCN(Cc2cc3ccccc3n2C)CC1. The Hall–Kier alpha value is -2.20. The molecule has 4 heteroatoms. The molecule has 0 bridgehead atoms. The molecule has 0 radical (unpaired) electrons. The van der Waals surface area contributed by atoms with Crippen molar-refractivity contribution in [2.45, 2.75) is 32.2 Å². The van der Waals surface area contributed by atoms with Crippen LogP contribution < -0.4 is 0 Å². The van der Waals surface area contributed by atoms with Crippen molar-refractivity contribution in [3.8, 4) is 0 Å². The molecular formula is C20H24N4. The van der Waals surface area contributed by atoms with Crippen molar-refractivity contribution >= 4 is 10.9 Å². The van der Waals surface area contributed by atoms with Crippen LogP contribution in [0.2, 0.25) is 0 Å². The molecule has 4 nitrogen and oxygen atoms in total. The maximum atomic E-state index is 4.52. The summed E-state index contributed by atoms with van der Waals surface area (Å²) in [6.07, 6.45) is 5.98. The summed E-state index contributed by atoms with van der Waals surface area (Å²) in [6, 6.07) is 10.9. The van der Waals surface area contributed by atoms with Gasteiger partial charge in [-0.25, -0.2) is 9.97 Å². The second kappa shape index (κ2) is 6.36. The van der Waals surface area contributed by atoms with E-state index in [9.17, 15) is 0 Å². The minimum absolute atomic E-state index is 0.580. The molecule has 3 aromatic rings. The Morgan fingerprint density at radius 2 is 1.96 bits per heavy atom. The van der Waals surface area contributed by atoms with E-state index in [-0.39, 0.29) is 0 Å². The monoisotopic (exact) mass is 320 g/mol. The Kier molecular flexibility index (Phi) is 4.07. The number of nitrogens with zero attached hydrogens (tertiary/aromatic N) is 4. The molecule has 1 fully saturated rings. The summed E-state index contributed by atoms with van der Waals surface area (Å²) in [4.78, 5) is 11.2. The van der Waals surface area contributed by atoms with Gasteiger partial charge in [0.15, 0.2) is 0 Å². The van der Waals surface area contributed by atoms with E-state index >= 15 is 0 Å². The zero-order valence-corrected chi connectivity index (χ0v) is 14.4. The van der Waals surface area contributed by atoms with Gasteiger partial charge in [-0.1, -0.05) is 18.2 Å².